The quantitative estimate of drug-likeness (QED) is 0.612. The van der Waals surface area contributed by atoms with Crippen molar-refractivity contribution in [3.05, 3.63) is 74.8 Å². The van der Waals surface area contributed by atoms with Crippen molar-refractivity contribution in [2.45, 2.75) is 31.8 Å². The Morgan fingerprint density at radius 2 is 2.00 bits per heavy atom. The summed E-state index contributed by atoms with van der Waals surface area (Å²) in [4.78, 5) is 37.6. The van der Waals surface area contributed by atoms with Gasteiger partial charge in [0.25, 0.3) is 11.6 Å². The van der Waals surface area contributed by atoms with Crippen LogP contribution < -0.4 is 5.32 Å². The van der Waals surface area contributed by atoms with Crippen LogP contribution in [0.1, 0.15) is 35.2 Å². The van der Waals surface area contributed by atoms with Crippen LogP contribution in [0.3, 0.4) is 0 Å². The average Bonchev–Trinajstić information content (AvgIpc) is 2.84. The van der Waals surface area contributed by atoms with Gasteiger partial charge in [-0.15, -0.1) is 0 Å². The van der Waals surface area contributed by atoms with E-state index in [1.165, 1.54) is 24.3 Å². The summed E-state index contributed by atoms with van der Waals surface area (Å²) >= 11 is 6.02. The summed E-state index contributed by atoms with van der Waals surface area (Å²) in [6.07, 6.45) is 2.18. The lowest BCUT2D eigenvalue weighted by molar-refractivity contribution is -0.384. The van der Waals surface area contributed by atoms with Crippen LogP contribution >= 0.6 is 11.6 Å². The number of hydrogen-bond donors (Lipinski definition) is 1. The molecule has 2 amide bonds. The number of carbonyl (C=O) groups is 2. The van der Waals surface area contributed by atoms with Gasteiger partial charge in [0, 0.05) is 35.8 Å². The monoisotopic (exact) mass is 401 g/mol. The van der Waals surface area contributed by atoms with Gasteiger partial charge in [0.2, 0.25) is 5.91 Å². The number of carbonyl (C=O) groups excluding carboxylic acids is 2. The topological polar surface area (TPSA) is 92.6 Å². The van der Waals surface area contributed by atoms with Gasteiger partial charge in [-0.3, -0.25) is 19.7 Å². The zero-order valence-electron chi connectivity index (χ0n) is 15.1. The van der Waals surface area contributed by atoms with Crippen molar-refractivity contribution >= 4 is 29.1 Å². The molecule has 0 radical (unpaired) electrons. The molecule has 1 aliphatic heterocycles. The first-order valence-corrected chi connectivity index (χ1v) is 9.40. The lowest BCUT2D eigenvalue weighted by Gasteiger charge is -2.25. The molecule has 2 aromatic rings. The highest BCUT2D eigenvalue weighted by molar-refractivity contribution is 6.30. The molecule has 3 rings (SSSR count). The van der Waals surface area contributed by atoms with Crippen LogP contribution in [0.5, 0.6) is 0 Å². The average molecular weight is 402 g/mol. The van der Waals surface area contributed by atoms with Crippen LogP contribution in [0.2, 0.25) is 5.02 Å². The van der Waals surface area contributed by atoms with Crippen LogP contribution in [0.25, 0.3) is 0 Å². The number of non-ortho nitro benzene ring substituents is 1. The summed E-state index contributed by atoms with van der Waals surface area (Å²) in [5.74, 6) is -0.650. The standard InChI is InChI=1S/C20H20ClN3O4/c21-16-7-3-5-14(11-16)13-23-10-2-1-9-18(20(23)26)22-19(25)15-6-4-8-17(12-15)24(27)28/h3-8,11-12,18H,1-2,9-10,13H2,(H,22,25). The van der Waals surface area contributed by atoms with Gasteiger partial charge in [-0.1, -0.05) is 29.8 Å². The van der Waals surface area contributed by atoms with Gasteiger partial charge in [0.15, 0.2) is 0 Å². The number of hydrogen-bond acceptors (Lipinski definition) is 4. The van der Waals surface area contributed by atoms with Gasteiger partial charge < -0.3 is 10.2 Å². The number of nitrogens with zero attached hydrogens (tertiary/aromatic N) is 2. The second-order valence-electron chi connectivity index (χ2n) is 6.72. The molecule has 1 heterocycles. The lowest BCUT2D eigenvalue weighted by Crippen LogP contribution is -2.47. The molecule has 1 unspecified atom stereocenters. The molecule has 28 heavy (non-hydrogen) atoms. The second-order valence-corrected chi connectivity index (χ2v) is 7.16. The zero-order valence-corrected chi connectivity index (χ0v) is 15.9. The molecule has 0 saturated carbocycles. The fourth-order valence-corrected chi connectivity index (χ4v) is 3.47. The van der Waals surface area contributed by atoms with Crippen molar-refractivity contribution in [1.29, 1.82) is 0 Å². The Labute approximate surface area is 167 Å². The minimum atomic E-state index is -0.659. The molecule has 0 aliphatic carbocycles. The molecule has 1 N–H and O–H groups in total. The maximum absolute atomic E-state index is 12.9. The van der Waals surface area contributed by atoms with Gasteiger partial charge in [0.1, 0.15) is 6.04 Å². The van der Waals surface area contributed by atoms with E-state index in [4.69, 9.17) is 11.6 Å². The second kappa shape index (κ2) is 8.84. The van der Waals surface area contributed by atoms with Gasteiger partial charge >= 0.3 is 0 Å². The molecule has 8 heteroatoms. The van der Waals surface area contributed by atoms with E-state index in [-0.39, 0.29) is 17.2 Å². The first-order valence-electron chi connectivity index (χ1n) is 9.02. The van der Waals surface area contributed by atoms with Crippen LogP contribution in [0, 0.1) is 10.1 Å². The predicted molar refractivity (Wildman–Crippen MR) is 105 cm³/mol. The fourth-order valence-electron chi connectivity index (χ4n) is 3.25. The van der Waals surface area contributed by atoms with Crippen molar-refractivity contribution in [3.8, 4) is 0 Å². The summed E-state index contributed by atoms with van der Waals surface area (Å²) < 4.78 is 0. The molecular weight excluding hydrogens is 382 g/mol. The van der Waals surface area contributed by atoms with Gasteiger partial charge in [-0.05, 0) is 43.0 Å². The highest BCUT2D eigenvalue weighted by Crippen LogP contribution is 2.19. The molecule has 0 aromatic heterocycles. The summed E-state index contributed by atoms with van der Waals surface area (Å²) in [6.45, 7) is 1.02. The Bertz CT molecular complexity index is 903. The van der Waals surface area contributed by atoms with Gasteiger partial charge in [0.05, 0.1) is 4.92 Å². The summed E-state index contributed by atoms with van der Waals surface area (Å²) in [5.41, 5.74) is 0.918. The largest absolute Gasteiger partial charge is 0.340 e. The molecule has 0 spiro atoms. The number of halogens is 1. The van der Waals surface area contributed by atoms with Gasteiger partial charge in [-0.25, -0.2) is 0 Å². The van der Waals surface area contributed by atoms with Crippen molar-refractivity contribution in [2.75, 3.05) is 6.54 Å². The lowest BCUT2D eigenvalue weighted by atomic mass is 10.1. The van der Waals surface area contributed by atoms with E-state index in [0.717, 1.165) is 18.4 Å². The van der Waals surface area contributed by atoms with E-state index < -0.39 is 16.9 Å². The van der Waals surface area contributed by atoms with Crippen molar-refractivity contribution in [3.63, 3.8) is 0 Å². The molecule has 1 aliphatic rings. The van der Waals surface area contributed by atoms with E-state index in [1.807, 2.05) is 18.2 Å². The minimum Gasteiger partial charge on any atom is -0.340 e. The minimum absolute atomic E-state index is 0.156. The Balaban J connectivity index is 1.72. The molecule has 0 bridgehead atoms. The Morgan fingerprint density at radius 1 is 1.21 bits per heavy atom. The third kappa shape index (κ3) is 4.86. The third-order valence-electron chi connectivity index (χ3n) is 4.67. The van der Waals surface area contributed by atoms with Gasteiger partial charge in [-0.2, -0.15) is 0 Å². The predicted octanol–water partition coefficient (Wildman–Crippen LogP) is 3.56. The van der Waals surface area contributed by atoms with Crippen molar-refractivity contribution < 1.29 is 14.5 Å². The molecule has 2 aromatic carbocycles. The first kappa shape index (κ1) is 19.8. The number of likely N-dealkylation sites (tertiary alicyclic amines) is 1. The number of nitro groups is 1. The molecule has 7 nitrogen and oxygen atoms in total. The zero-order chi connectivity index (χ0) is 20.1. The Morgan fingerprint density at radius 3 is 2.75 bits per heavy atom. The highest BCUT2D eigenvalue weighted by atomic mass is 35.5. The highest BCUT2D eigenvalue weighted by Gasteiger charge is 2.28. The molecule has 1 saturated heterocycles. The van der Waals surface area contributed by atoms with E-state index in [1.54, 1.807) is 11.0 Å². The van der Waals surface area contributed by atoms with Crippen molar-refractivity contribution in [2.24, 2.45) is 0 Å². The molecule has 146 valence electrons. The number of nitrogens with one attached hydrogen (secondary N) is 1. The maximum Gasteiger partial charge on any atom is 0.270 e. The van der Waals surface area contributed by atoms with E-state index in [0.29, 0.717) is 24.5 Å². The first-order chi connectivity index (χ1) is 13.4. The fraction of sp³-hybridized carbons (Fsp3) is 0.300. The smallest absolute Gasteiger partial charge is 0.270 e. The normalized spacial score (nSPS) is 17.1. The molecule has 1 fully saturated rings. The number of rotatable bonds is 5. The maximum atomic E-state index is 12.9. The van der Waals surface area contributed by atoms with E-state index in [9.17, 15) is 19.7 Å². The van der Waals surface area contributed by atoms with Crippen LogP contribution in [0.15, 0.2) is 48.5 Å². The third-order valence-corrected chi connectivity index (χ3v) is 4.90. The summed E-state index contributed by atoms with van der Waals surface area (Å²) in [7, 11) is 0. The number of nitro benzene ring substituents is 1. The number of amides is 2. The molecule has 1 atom stereocenters. The van der Waals surface area contributed by atoms with Crippen LogP contribution in [-0.4, -0.2) is 34.2 Å². The summed E-state index contributed by atoms with van der Waals surface area (Å²) in [5, 5.41) is 14.3. The van der Waals surface area contributed by atoms with Crippen molar-refractivity contribution in [1.82, 2.24) is 10.2 Å². The van der Waals surface area contributed by atoms with Crippen LogP contribution in [-0.2, 0) is 11.3 Å². The number of benzene rings is 2. The Kier molecular flexibility index (Phi) is 6.26. The van der Waals surface area contributed by atoms with E-state index in [2.05, 4.69) is 5.32 Å². The summed E-state index contributed by atoms with van der Waals surface area (Å²) in [6, 6.07) is 12.1. The Hall–Kier alpha value is -2.93. The van der Waals surface area contributed by atoms with E-state index >= 15 is 0 Å². The van der Waals surface area contributed by atoms with Crippen LogP contribution in [0.4, 0.5) is 5.69 Å². The molecular formula is C20H20ClN3O4. The SMILES string of the molecule is O=C(NC1CCCCN(Cc2cccc(Cl)c2)C1=O)c1cccc([N+](=O)[O-])c1.